The van der Waals surface area contributed by atoms with Crippen LogP contribution in [-0.2, 0) is 9.84 Å². The predicted molar refractivity (Wildman–Crippen MR) is 79.0 cm³/mol. The van der Waals surface area contributed by atoms with Gasteiger partial charge in [-0.25, -0.2) is 8.42 Å². The molecule has 0 bridgehead atoms. The lowest BCUT2D eigenvalue weighted by molar-refractivity contribution is 0.557. The fraction of sp³-hybridized carbons (Fsp3) is 0.625. The molecule has 1 fully saturated rings. The first-order valence-corrected chi connectivity index (χ1v) is 8.71. The van der Waals surface area contributed by atoms with Crippen molar-refractivity contribution in [1.29, 1.82) is 0 Å². The van der Waals surface area contributed by atoms with Gasteiger partial charge >= 0.3 is 0 Å². The van der Waals surface area contributed by atoms with E-state index in [1.807, 2.05) is 26.0 Å². The van der Waals surface area contributed by atoms with Gasteiger partial charge in [0.2, 0.25) is 0 Å². The molecule has 0 radical (unpaired) electrons. The number of hydrogen-bond donors (Lipinski definition) is 0. The number of aryl methyl sites for hydroxylation is 1. The SMILES string of the molecule is CCCCC[C@@H]1C[C@@]1(C)S(=O)(=O)c1ccc(C)cc1. The third-order valence-corrected chi connectivity index (χ3v) is 7.08. The highest BCUT2D eigenvalue weighted by Gasteiger charge is 2.59. The standard InChI is InChI=1S/C16H24O2S/c1-4-5-6-7-14-12-16(14,3)19(17,18)15-10-8-13(2)9-11-15/h8-11,14H,4-7,12H2,1-3H3/t14-,16-/m1/s1. The van der Waals surface area contributed by atoms with Crippen LogP contribution in [0.1, 0.15) is 51.5 Å². The molecular formula is C16H24O2S. The second kappa shape index (κ2) is 5.28. The lowest BCUT2D eigenvalue weighted by atomic mass is 10.1. The molecule has 1 aliphatic carbocycles. The van der Waals surface area contributed by atoms with Crippen LogP contribution in [0.25, 0.3) is 0 Å². The summed E-state index contributed by atoms with van der Waals surface area (Å²) in [5.74, 6) is 0.352. The molecule has 0 N–H and O–H groups in total. The molecule has 2 atom stereocenters. The van der Waals surface area contributed by atoms with Crippen molar-refractivity contribution in [3.63, 3.8) is 0 Å². The summed E-state index contributed by atoms with van der Waals surface area (Å²) in [6.07, 6.45) is 5.42. The maximum absolute atomic E-state index is 12.7. The predicted octanol–water partition coefficient (Wildman–Crippen LogP) is 4.13. The third-order valence-electron chi connectivity index (χ3n) is 4.46. The van der Waals surface area contributed by atoms with Crippen molar-refractivity contribution in [3.05, 3.63) is 29.8 Å². The average molecular weight is 280 g/mol. The van der Waals surface area contributed by atoms with Crippen molar-refractivity contribution >= 4 is 9.84 Å². The Morgan fingerprint density at radius 2 is 1.84 bits per heavy atom. The van der Waals surface area contributed by atoms with Gasteiger partial charge in [-0.05, 0) is 44.7 Å². The van der Waals surface area contributed by atoms with E-state index >= 15 is 0 Å². The van der Waals surface area contributed by atoms with E-state index < -0.39 is 14.6 Å². The molecular weight excluding hydrogens is 256 g/mol. The van der Waals surface area contributed by atoms with Crippen molar-refractivity contribution in [2.75, 3.05) is 0 Å². The minimum Gasteiger partial charge on any atom is -0.223 e. The van der Waals surface area contributed by atoms with E-state index in [1.165, 1.54) is 12.8 Å². The van der Waals surface area contributed by atoms with Gasteiger partial charge in [-0.15, -0.1) is 0 Å². The molecule has 3 heteroatoms. The lowest BCUT2D eigenvalue weighted by Gasteiger charge is -2.13. The second-order valence-electron chi connectivity index (χ2n) is 6.03. The van der Waals surface area contributed by atoms with Gasteiger partial charge in [0, 0.05) is 0 Å². The number of unbranched alkanes of at least 4 members (excludes halogenated alkanes) is 2. The van der Waals surface area contributed by atoms with Crippen LogP contribution in [0.3, 0.4) is 0 Å². The summed E-state index contributed by atoms with van der Waals surface area (Å²) in [6.45, 7) is 6.07. The molecule has 0 spiro atoms. The molecule has 2 nitrogen and oxygen atoms in total. The van der Waals surface area contributed by atoms with Crippen LogP contribution >= 0.6 is 0 Å². The fourth-order valence-electron chi connectivity index (χ4n) is 2.79. The molecule has 0 aromatic heterocycles. The van der Waals surface area contributed by atoms with Crippen LogP contribution in [0, 0.1) is 12.8 Å². The quantitative estimate of drug-likeness (QED) is 0.734. The largest absolute Gasteiger partial charge is 0.223 e. The Morgan fingerprint density at radius 3 is 2.42 bits per heavy atom. The minimum absolute atomic E-state index is 0.352. The maximum atomic E-state index is 12.7. The van der Waals surface area contributed by atoms with Gasteiger partial charge < -0.3 is 0 Å². The molecule has 0 heterocycles. The summed E-state index contributed by atoms with van der Waals surface area (Å²) in [5, 5.41) is 0. The van der Waals surface area contributed by atoms with Crippen LogP contribution in [0.5, 0.6) is 0 Å². The van der Waals surface area contributed by atoms with Crippen molar-refractivity contribution in [3.8, 4) is 0 Å². The molecule has 1 aromatic rings. The summed E-state index contributed by atoms with van der Waals surface area (Å²) < 4.78 is 24.8. The Labute approximate surface area is 117 Å². The van der Waals surface area contributed by atoms with Gasteiger partial charge in [0.15, 0.2) is 9.84 Å². The van der Waals surface area contributed by atoms with Gasteiger partial charge in [-0.2, -0.15) is 0 Å². The Bertz CT molecular complexity index is 530. The smallest absolute Gasteiger partial charge is 0.184 e. The van der Waals surface area contributed by atoms with E-state index in [-0.39, 0.29) is 0 Å². The molecule has 0 unspecified atom stereocenters. The molecule has 106 valence electrons. The van der Waals surface area contributed by atoms with E-state index in [0.29, 0.717) is 10.8 Å². The second-order valence-corrected chi connectivity index (χ2v) is 8.44. The maximum Gasteiger partial charge on any atom is 0.184 e. The summed E-state index contributed by atoms with van der Waals surface area (Å²) in [4.78, 5) is 0.485. The molecule has 1 aliphatic rings. The zero-order valence-corrected chi connectivity index (χ0v) is 13.0. The number of rotatable bonds is 6. The van der Waals surface area contributed by atoms with Crippen molar-refractivity contribution in [1.82, 2.24) is 0 Å². The third kappa shape index (κ3) is 2.71. The van der Waals surface area contributed by atoms with Crippen LogP contribution in [0.15, 0.2) is 29.2 Å². The van der Waals surface area contributed by atoms with Crippen LogP contribution in [0.4, 0.5) is 0 Å². The van der Waals surface area contributed by atoms with E-state index in [4.69, 9.17) is 0 Å². The first-order valence-electron chi connectivity index (χ1n) is 7.23. The molecule has 19 heavy (non-hydrogen) atoms. The molecule has 0 saturated heterocycles. The summed E-state index contributed by atoms with van der Waals surface area (Å²) >= 11 is 0. The number of benzene rings is 1. The lowest BCUT2D eigenvalue weighted by Crippen LogP contribution is -2.22. The highest BCUT2D eigenvalue weighted by atomic mass is 32.2. The first kappa shape index (κ1) is 14.6. The highest BCUT2D eigenvalue weighted by molar-refractivity contribution is 7.93. The minimum atomic E-state index is -3.17. The van der Waals surface area contributed by atoms with Gasteiger partial charge in [0.1, 0.15) is 0 Å². The normalized spacial score (nSPS) is 26.4. The summed E-state index contributed by atoms with van der Waals surface area (Å²) in [6, 6.07) is 7.25. The zero-order valence-electron chi connectivity index (χ0n) is 12.1. The molecule has 0 aliphatic heterocycles. The molecule has 1 aromatic carbocycles. The Kier molecular flexibility index (Phi) is 4.05. The van der Waals surface area contributed by atoms with Gasteiger partial charge in [-0.1, -0.05) is 43.9 Å². The number of hydrogen-bond acceptors (Lipinski definition) is 2. The van der Waals surface area contributed by atoms with Gasteiger partial charge in [0.05, 0.1) is 9.64 Å². The molecule has 1 saturated carbocycles. The molecule has 0 amide bonds. The summed E-state index contributed by atoms with van der Waals surface area (Å²) in [5.41, 5.74) is 1.10. The Hall–Kier alpha value is -0.830. The van der Waals surface area contributed by atoms with E-state index in [2.05, 4.69) is 6.92 Å². The summed E-state index contributed by atoms with van der Waals surface area (Å²) in [7, 11) is -3.17. The van der Waals surface area contributed by atoms with Crippen molar-refractivity contribution < 1.29 is 8.42 Å². The highest BCUT2D eigenvalue weighted by Crippen LogP contribution is 2.54. The van der Waals surface area contributed by atoms with Crippen molar-refractivity contribution in [2.24, 2.45) is 5.92 Å². The van der Waals surface area contributed by atoms with Gasteiger partial charge in [0.25, 0.3) is 0 Å². The zero-order chi connectivity index (χ0) is 14.1. The monoisotopic (exact) mass is 280 g/mol. The van der Waals surface area contributed by atoms with Crippen molar-refractivity contribution in [2.45, 2.75) is 62.5 Å². The number of sulfone groups is 1. The Balaban J connectivity index is 2.11. The van der Waals surface area contributed by atoms with E-state index in [9.17, 15) is 8.42 Å². The Morgan fingerprint density at radius 1 is 1.21 bits per heavy atom. The van der Waals surface area contributed by atoms with Crippen LogP contribution < -0.4 is 0 Å². The average Bonchev–Trinajstić information content (AvgIpc) is 3.03. The van der Waals surface area contributed by atoms with Crippen LogP contribution in [-0.4, -0.2) is 13.2 Å². The van der Waals surface area contributed by atoms with E-state index in [0.717, 1.165) is 24.8 Å². The first-order chi connectivity index (χ1) is 8.91. The topological polar surface area (TPSA) is 34.1 Å². The van der Waals surface area contributed by atoms with Gasteiger partial charge in [-0.3, -0.25) is 0 Å². The fourth-order valence-corrected chi connectivity index (χ4v) is 4.80. The molecule has 2 rings (SSSR count). The van der Waals surface area contributed by atoms with Crippen LogP contribution in [0.2, 0.25) is 0 Å². The van der Waals surface area contributed by atoms with E-state index in [1.54, 1.807) is 12.1 Å².